The molecule has 1 aliphatic heterocycles. The average Bonchev–Trinajstić information content (AvgIpc) is 2.74. The van der Waals surface area contributed by atoms with E-state index < -0.39 is 6.04 Å². The SMILES string of the molecule is CCCC[C@]1(CCC[B]O)CN(C(=O)[C@@H](N)C(C)(C)C)CC1(C)C. The van der Waals surface area contributed by atoms with Crippen molar-refractivity contribution >= 4 is 13.4 Å². The highest BCUT2D eigenvalue weighted by molar-refractivity contribution is 6.25. The van der Waals surface area contributed by atoms with E-state index in [9.17, 15) is 4.79 Å². The van der Waals surface area contributed by atoms with Gasteiger partial charge >= 0.3 is 0 Å². The number of hydrogen-bond acceptors (Lipinski definition) is 3. The Hall–Kier alpha value is -0.545. The molecule has 1 aliphatic rings. The van der Waals surface area contributed by atoms with Gasteiger partial charge in [0.1, 0.15) is 0 Å². The van der Waals surface area contributed by atoms with Crippen LogP contribution in [0.5, 0.6) is 0 Å². The number of carbonyl (C=O) groups excluding carboxylic acids is 1. The van der Waals surface area contributed by atoms with Gasteiger partial charge in [0.05, 0.1) is 6.04 Å². The molecule has 1 heterocycles. The predicted octanol–water partition coefficient (Wildman–Crippen LogP) is 3.21. The van der Waals surface area contributed by atoms with Crippen molar-refractivity contribution in [1.29, 1.82) is 0 Å². The summed E-state index contributed by atoms with van der Waals surface area (Å²) in [5.74, 6) is 0.0858. The fraction of sp³-hybridized carbons (Fsp3) is 0.947. The Morgan fingerprint density at radius 1 is 1.25 bits per heavy atom. The zero-order valence-corrected chi connectivity index (χ0v) is 16.7. The van der Waals surface area contributed by atoms with Gasteiger partial charge in [0.15, 0.2) is 0 Å². The molecule has 3 N–H and O–H groups in total. The van der Waals surface area contributed by atoms with Crippen LogP contribution >= 0.6 is 0 Å². The molecule has 0 spiro atoms. The Bertz CT molecular complexity index is 420. The zero-order valence-electron chi connectivity index (χ0n) is 16.7. The van der Waals surface area contributed by atoms with Crippen LogP contribution in [-0.2, 0) is 4.79 Å². The third-order valence-electron chi connectivity index (χ3n) is 6.02. The maximum absolute atomic E-state index is 12.9. The molecule has 5 heteroatoms. The number of nitrogens with two attached hydrogens (primary N) is 1. The van der Waals surface area contributed by atoms with Gasteiger partial charge in [-0.2, -0.15) is 0 Å². The number of rotatable bonds is 8. The van der Waals surface area contributed by atoms with Crippen molar-refractivity contribution in [3.05, 3.63) is 0 Å². The van der Waals surface area contributed by atoms with Crippen molar-refractivity contribution in [2.24, 2.45) is 22.0 Å². The van der Waals surface area contributed by atoms with Crippen LogP contribution in [0.25, 0.3) is 0 Å². The normalized spacial score (nSPS) is 24.9. The van der Waals surface area contributed by atoms with Gasteiger partial charge in [0, 0.05) is 13.1 Å². The van der Waals surface area contributed by atoms with E-state index in [0.29, 0.717) is 0 Å². The number of nitrogens with zero attached hydrogens (tertiary/aromatic N) is 1. The molecular formula is C19H38BN2O2. The van der Waals surface area contributed by atoms with Crippen molar-refractivity contribution < 1.29 is 9.82 Å². The molecule has 0 aromatic rings. The second-order valence-corrected chi connectivity index (χ2v) is 9.38. The largest absolute Gasteiger partial charge is 0.454 e. The van der Waals surface area contributed by atoms with E-state index in [1.807, 2.05) is 25.7 Å². The summed E-state index contributed by atoms with van der Waals surface area (Å²) in [5.41, 5.74) is 6.22. The van der Waals surface area contributed by atoms with Crippen molar-refractivity contribution in [3.8, 4) is 0 Å². The van der Waals surface area contributed by atoms with E-state index in [1.54, 1.807) is 0 Å². The second kappa shape index (κ2) is 8.22. The maximum Gasteiger partial charge on any atom is 0.287 e. The third-order valence-corrected chi connectivity index (χ3v) is 6.02. The number of unbranched alkanes of at least 4 members (excludes halogenated alkanes) is 1. The van der Waals surface area contributed by atoms with Crippen LogP contribution in [0, 0.1) is 16.2 Å². The van der Waals surface area contributed by atoms with Crippen molar-refractivity contribution in [2.75, 3.05) is 13.1 Å². The second-order valence-electron chi connectivity index (χ2n) is 9.38. The highest BCUT2D eigenvalue weighted by Gasteiger charge is 2.52. The molecule has 2 atom stereocenters. The minimum atomic E-state index is -0.457. The minimum absolute atomic E-state index is 0.0743. The molecule has 0 aliphatic carbocycles. The first-order chi connectivity index (χ1) is 11.0. The molecule has 1 saturated heterocycles. The smallest absolute Gasteiger partial charge is 0.287 e. The molecule has 1 radical (unpaired) electrons. The van der Waals surface area contributed by atoms with E-state index >= 15 is 0 Å². The van der Waals surface area contributed by atoms with Crippen molar-refractivity contribution in [3.63, 3.8) is 0 Å². The van der Waals surface area contributed by atoms with Crippen molar-refractivity contribution in [2.45, 2.75) is 86.0 Å². The predicted molar refractivity (Wildman–Crippen MR) is 102 cm³/mol. The maximum atomic E-state index is 12.9. The van der Waals surface area contributed by atoms with Crippen LogP contribution in [0.1, 0.15) is 73.6 Å². The Morgan fingerprint density at radius 3 is 2.33 bits per heavy atom. The Labute approximate surface area is 149 Å². The van der Waals surface area contributed by atoms with E-state index in [-0.39, 0.29) is 22.2 Å². The molecule has 139 valence electrons. The summed E-state index contributed by atoms with van der Waals surface area (Å²) in [7, 11) is 1.26. The summed E-state index contributed by atoms with van der Waals surface area (Å²) in [6, 6.07) is -0.457. The molecule has 0 bridgehead atoms. The lowest BCUT2D eigenvalue weighted by Gasteiger charge is -2.41. The van der Waals surface area contributed by atoms with Crippen molar-refractivity contribution in [1.82, 2.24) is 4.90 Å². The standard InChI is InChI=1S/C19H38BN2O2/c1-7-8-10-19(11-9-12-20-24)14-22(13-18(19,5)6)16(23)15(21)17(2,3)4/h15,24H,7-14,21H2,1-6H3/t15-,19+/m1/s1. The first-order valence-corrected chi connectivity index (χ1v) is 9.51. The van der Waals surface area contributed by atoms with Crippen LogP contribution in [0.4, 0.5) is 0 Å². The van der Waals surface area contributed by atoms with E-state index in [1.165, 1.54) is 20.3 Å². The molecule has 0 aromatic carbocycles. The Kier molecular flexibility index (Phi) is 7.37. The summed E-state index contributed by atoms with van der Waals surface area (Å²) in [6.07, 6.45) is 6.22. The molecule has 0 aromatic heterocycles. The molecule has 24 heavy (non-hydrogen) atoms. The molecule has 1 amide bonds. The Balaban J connectivity index is 2.97. The molecular weight excluding hydrogens is 299 g/mol. The minimum Gasteiger partial charge on any atom is -0.454 e. The third kappa shape index (κ3) is 4.75. The van der Waals surface area contributed by atoms with E-state index in [4.69, 9.17) is 10.8 Å². The molecule has 0 saturated carbocycles. The number of hydrogen-bond donors (Lipinski definition) is 2. The van der Waals surface area contributed by atoms with Gasteiger partial charge in [-0.3, -0.25) is 4.79 Å². The lowest BCUT2D eigenvalue weighted by molar-refractivity contribution is -0.134. The fourth-order valence-electron chi connectivity index (χ4n) is 4.01. The lowest BCUT2D eigenvalue weighted by Crippen LogP contribution is -2.50. The van der Waals surface area contributed by atoms with Gasteiger partial charge in [-0.15, -0.1) is 0 Å². The molecule has 4 nitrogen and oxygen atoms in total. The monoisotopic (exact) mass is 337 g/mol. The van der Waals surface area contributed by atoms with Gasteiger partial charge < -0.3 is 15.7 Å². The molecule has 0 unspecified atom stereocenters. The summed E-state index contributed by atoms with van der Waals surface area (Å²) >= 11 is 0. The van der Waals surface area contributed by atoms with Gasteiger partial charge in [-0.05, 0) is 29.1 Å². The first kappa shape index (κ1) is 21.5. The van der Waals surface area contributed by atoms with Crippen LogP contribution in [0.3, 0.4) is 0 Å². The van der Waals surface area contributed by atoms with Crippen LogP contribution < -0.4 is 5.73 Å². The average molecular weight is 337 g/mol. The number of carbonyl (C=O) groups is 1. The summed E-state index contributed by atoms with van der Waals surface area (Å²) in [4.78, 5) is 14.9. The van der Waals surface area contributed by atoms with Crippen LogP contribution in [-0.4, -0.2) is 42.4 Å². The zero-order chi connectivity index (χ0) is 18.6. The topological polar surface area (TPSA) is 66.6 Å². The summed E-state index contributed by atoms with van der Waals surface area (Å²) < 4.78 is 0. The van der Waals surface area contributed by atoms with E-state index in [2.05, 4.69) is 20.8 Å². The highest BCUT2D eigenvalue weighted by atomic mass is 16.2. The van der Waals surface area contributed by atoms with E-state index in [0.717, 1.165) is 38.7 Å². The summed E-state index contributed by atoms with van der Waals surface area (Å²) in [5, 5.41) is 9.03. The quantitative estimate of drug-likeness (QED) is 0.528. The van der Waals surface area contributed by atoms with Gasteiger partial charge in [0.25, 0.3) is 7.48 Å². The first-order valence-electron chi connectivity index (χ1n) is 9.51. The summed E-state index contributed by atoms with van der Waals surface area (Å²) in [6.45, 7) is 14.5. The fourth-order valence-corrected chi connectivity index (χ4v) is 4.01. The Morgan fingerprint density at radius 2 is 1.83 bits per heavy atom. The highest BCUT2D eigenvalue weighted by Crippen LogP contribution is 2.52. The van der Waals surface area contributed by atoms with Gasteiger partial charge in [-0.1, -0.05) is 67.1 Å². The molecule has 1 fully saturated rings. The van der Waals surface area contributed by atoms with Crippen LogP contribution in [0.15, 0.2) is 0 Å². The lowest BCUT2D eigenvalue weighted by atomic mass is 9.62. The van der Waals surface area contributed by atoms with Crippen LogP contribution in [0.2, 0.25) is 6.32 Å². The number of amides is 1. The van der Waals surface area contributed by atoms with Gasteiger partial charge in [0.2, 0.25) is 5.91 Å². The van der Waals surface area contributed by atoms with Gasteiger partial charge in [-0.25, -0.2) is 0 Å². The number of likely N-dealkylation sites (tertiary alicyclic amines) is 1. The molecule has 1 rings (SSSR count).